The fourth-order valence-corrected chi connectivity index (χ4v) is 3.91. The molecule has 0 unspecified atom stereocenters. The van der Waals surface area contributed by atoms with Gasteiger partial charge in [0.1, 0.15) is 5.82 Å². The largest absolute Gasteiger partial charge is 0.454 e. The summed E-state index contributed by atoms with van der Waals surface area (Å²) in [6.45, 7) is 2.39. The summed E-state index contributed by atoms with van der Waals surface area (Å²) in [6, 6.07) is 12.9. The molecule has 1 aliphatic rings. The van der Waals surface area contributed by atoms with Crippen molar-refractivity contribution in [1.82, 2.24) is 9.88 Å². The Hall–Kier alpha value is -3.48. The topological polar surface area (TPSA) is 79.5 Å². The number of fused-ring (bicyclic) bond motifs is 1. The van der Waals surface area contributed by atoms with E-state index in [4.69, 9.17) is 4.74 Å². The second-order valence-corrected chi connectivity index (χ2v) is 7.76. The number of ether oxygens (including phenoxy) is 1. The van der Waals surface area contributed by atoms with Crippen molar-refractivity contribution >= 4 is 28.6 Å². The summed E-state index contributed by atoms with van der Waals surface area (Å²) in [7, 11) is 0. The number of likely N-dealkylation sites (tertiary alicyclic amines) is 1. The van der Waals surface area contributed by atoms with Crippen molar-refractivity contribution in [2.45, 2.75) is 25.9 Å². The molecule has 160 valence electrons. The monoisotopic (exact) mass is 422 g/mol. The van der Waals surface area contributed by atoms with E-state index in [0.717, 1.165) is 10.9 Å². The summed E-state index contributed by atoms with van der Waals surface area (Å²) >= 11 is 0. The van der Waals surface area contributed by atoms with Crippen molar-refractivity contribution in [1.29, 1.82) is 0 Å². The lowest BCUT2D eigenvalue weighted by atomic mass is 9.96. The van der Waals surface area contributed by atoms with E-state index in [9.17, 15) is 18.8 Å². The molecule has 1 fully saturated rings. The highest BCUT2D eigenvalue weighted by atomic mass is 19.1. The lowest BCUT2D eigenvalue weighted by Crippen LogP contribution is -2.41. The SMILES string of the molecule is C[C@@H](OC(=O)C1CCN(C(=O)c2ccc(F)cc2)CC1)C(=O)c1c[nH]c2ccccc12. The second kappa shape index (κ2) is 8.71. The molecule has 0 saturated carbocycles. The van der Waals surface area contributed by atoms with Gasteiger partial charge in [0, 0.05) is 41.3 Å². The Morgan fingerprint density at radius 1 is 1.06 bits per heavy atom. The number of rotatable bonds is 5. The Morgan fingerprint density at radius 3 is 2.45 bits per heavy atom. The van der Waals surface area contributed by atoms with Crippen LogP contribution in [-0.4, -0.2) is 46.7 Å². The minimum Gasteiger partial charge on any atom is -0.454 e. The number of aromatic amines is 1. The number of para-hydroxylation sites is 1. The van der Waals surface area contributed by atoms with Crippen LogP contribution in [0.5, 0.6) is 0 Å². The zero-order chi connectivity index (χ0) is 22.0. The first-order chi connectivity index (χ1) is 14.9. The molecule has 1 aliphatic heterocycles. The predicted molar refractivity (Wildman–Crippen MR) is 113 cm³/mol. The van der Waals surface area contributed by atoms with Gasteiger partial charge in [-0.15, -0.1) is 0 Å². The smallest absolute Gasteiger partial charge is 0.309 e. The Balaban J connectivity index is 1.33. The second-order valence-electron chi connectivity index (χ2n) is 7.76. The molecule has 0 bridgehead atoms. The van der Waals surface area contributed by atoms with Crippen molar-refractivity contribution in [3.05, 3.63) is 71.7 Å². The normalized spacial score (nSPS) is 15.6. The van der Waals surface area contributed by atoms with Gasteiger partial charge in [0.25, 0.3) is 5.91 Å². The van der Waals surface area contributed by atoms with Gasteiger partial charge in [-0.25, -0.2) is 4.39 Å². The number of halogens is 1. The summed E-state index contributed by atoms with van der Waals surface area (Å²) < 4.78 is 18.5. The van der Waals surface area contributed by atoms with Gasteiger partial charge in [-0.1, -0.05) is 18.2 Å². The molecule has 4 rings (SSSR count). The number of carbonyl (C=O) groups excluding carboxylic acids is 3. The number of nitrogens with zero attached hydrogens (tertiary/aromatic N) is 1. The predicted octanol–water partition coefficient (Wildman–Crippen LogP) is 3.97. The molecule has 0 radical (unpaired) electrons. The molecular weight excluding hydrogens is 399 g/mol. The molecule has 3 aromatic rings. The summed E-state index contributed by atoms with van der Waals surface area (Å²) in [5.41, 5.74) is 1.76. The van der Waals surface area contributed by atoms with Gasteiger partial charge in [-0.05, 0) is 50.1 Å². The van der Waals surface area contributed by atoms with E-state index >= 15 is 0 Å². The van der Waals surface area contributed by atoms with Gasteiger partial charge in [0.05, 0.1) is 5.92 Å². The number of esters is 1. The zero-order valence-electron chi connectivity index (χ0n) is 17.1. The van der Waals surface area contributed by atoms with Crippen LogP contribution in [0, 0.1) is 11.7 Å². The summed E-state index contributed by atoms with van der Waals surface area (Å²) in [6.07, 6.45) is 1.65. The highest BCUT2D eigenvalue weighted by Gasteiger charge is 2.31. The first-order valence-corrected chi connectivity index (χ1v) is 10.3. The molecule has 2 aromatic carbocycles. The van der Waals surface area contributed by atoms with Crippen LogP contribution in [0.2, 0.25) is 0 Å². The maximum Gasteiger partial charge on any atom is 0.309 e. The van der Waals surface area contributed by atoms with Crippen LogP contribution >= 0.6 is 0 Å². The average molecular weight is 422 g/mol. The van der Waals surface area contributed by atoms with E-state index in [1.165, 1.54) is 24.3 Å². The third-order valence-corrected chi connectivity index (χ3v) is 5.72. The number of Topliss-reactive ketones (excluding diaryl/α,β-unsaturated/α-hetero) is 1. The number of hydrogen-bond acceptors (Lipinski definition) is 4. The number of benzene rings is 2. The van der Waals surface area contributed by atoms with Crippen LogP contribution in [0.15, 0.2) is 54.7 Å². The van der Waals surface area contributed by atoms with E-state index in [1.807, 2.05) is 24.3 Å². The lowest BCUT2D eigenvalue weighted by molar-refractivity contribution is -0.152. The number of H-pyrrole nitrogens is 1. The molecule has 1 N–H and O–H groups in total. The molecule has 1 saturated heterocycles. The molecule has 1 amide bonds. The summed E-state index contributed by atoms with van der Waals surface area (Å²) in [5.74, 6) is -1.62. The number of ketones is 1. The van der Waals surface area contributed by atoms with Gasteiger partial charge in [0.2, 0.25) is 5.78 Å². The zero-order valence-corrected chi connectivity index (χ0v) is 17.1. The van der Waals surface area contributed by atoms with Gasteiger partial charge >= 0.3 is 5.97 Å². The quantitative estimate of drug-likeness (QED) is 0.498. The number of nitrogens with one attached hydrogen (secondary N) is 1. The van der Waals surface area contributed by atoms with Gasteiger partial charge in [-0.3, -0.25) is 14.4 Å². The van der Waals surface area contributed by atoms with Crippen LogP contribution in [0.3, 0.4) is 0 Å². The average Bonchev–Trinajstić information content (AvgIpc) is 3.23. The number of aromatic nitrogens is 1. The maximum atomic E-state index is 13.1. The summed E-state index contributed by atoms with van der Waals surface area (Å²) in [4.78, 5) is 42.6. The number of carbonyl (C=O) groups is 3. The molecule has 2 heterocycles. The Kier molecular flexibility index (Phi) is 5.84. The minimum absolute atomic E-state index is 0.185. The third kappa shape index (κ3) is 4.35. The maximum absolute atomic E-state index is 13.1. The molecule has 7 heteroatoms. The number of piperidine rings is 1. The highest BCUT2D eigenvalue weighted by Crippen LogP contribution is 2.23. The molecule has 0 aliphatic carbocycles. The molecule has 6 nitrogen and oxygen atoms in total. The summed E-state index contributed by atoms with van der Waals surface area (Å²) in [5, 5.41) is 0.794. The number of amides is 1. The van der Waals surface area contributed by atoms with Crippen molar-refractivity contribution in [2.24, 2.45) is 5.92 Å². The molecule has 1 aromatic heterocycles. The van der Waals surface area contributed by atoms with Crippen LogP contribution in [0.25, 0.3) is 10.9 Å². The van der Waals surface area contributed by atoms with E-state index in [1.54, 1.807) is 18.0 Å². The highest BCUT2D eigenvalue weighted by molar-refractivity contribution is 6.10. The van der Waals surface area contributed by atoms with Crippen molar-refractivity contribution < 1.29 is 23.5 Å². The molecule has 1 atom stereocenters. The fourth-order valence-electron chi connectivity index (χ4n) is 3.91. The Labute approximate surface area is 179 Å². The van der Waals surface area contributed by atoms with E-state index in [-0.39, 0.29) is 17.6 Å². The van der Waals surface area contributed by atoms with Crippen LogP contribution < -0.4 is 0 Å². The van der Waals surface area contributed by atoms with Gasteiger partial charge < -0.3 is 14.6 Å². The first kappa shape index (κ1) is 20.8. The fraction of sp³-hybridized carbons (Fsp3) is 0.292. The van der Waals surface area contributed by atoms with Crippen LogP contribution in [0.4, 0.5) is 4.39 Å². The molecule has 0 spiro atoms. The van der Waals surface area contributed by atoms with Crippen molar-refractivity contribution in [3.63, 3.8) is 0 Å². The molecular formula is C24H23FN2O4. The van der Waals surface area contributed by atoms with Gasteiger partial charge in [-0.2, -0.15) is 0 Å². The van der Waals surface area contributed by atoms with E-state index in [0.29, 0.717) is 37.1 Å². The minimum atomic E-state index is -0.898. The first-order valence-electron chi connectivity index (χ1n) is 10.3. The third-order valence-electron chi connectivity index (χ3n) is 5.72. The number of hydrogen-bond donors (Lipinski definition) is 1. The van der Waals surface area contributed by atoms with Crippen LogP contribution in [-0.2, 0) is 9.53 Å². The van der Waals surface area contributed by atoms with E-state index in [2.05, 4.69) is 4.98 Å². The van der Waals surface area contributed by atoms with Gasteiger partial charge in [0.15, 0.2) is 6.10 Å². The Morgan fingerprint density at radius 2 is 1.74 bits per heavy atom. The lowest BCUT2D eigenvalue weighted by Gasteiger charge is -2.31. The standard InChI is InChI=1S/C24H23FN2O4/c1-15(22(28)20-14-26-21-5-3-2-4-19(20)21)31-24(30)17-10-12-27(13-11-17)23(29)16-6-8-18(25)9-7-16/h2-9,14-15,17,26H,10-13H2,1H3/t15-/m1/s1. The molecule has 31 heavy (non-hydrogen) atoms. The van der Waals surface area contributed by atoms with E-state index < -0.39 is 17.9 Å². The van der Waals surface area contributed by atoms with Crippen molar-refractivity contribution in [2.75, 3.05) is 13.1 Å². The Bertz CT molecular complexity index is 1110. The van der Waals surface area contributed by atoms with Crippen LogP contribution in [0.1, 0.15) is 40.5 Å². The van der Waals surface area contributed by atoms with Crippen molar-refractivity contribution in [3.8, 4) is 0 Å².